The molecule has 3 heterocycles. The van der Waals surface area contributed by atoms with Gasteiger partial charge in [-0.15, -0.1) is 11.3 Å². The Morgan fingerprint density at radius 3 is 3.05 bits per heavy atom. The van der Waals surface area contributed by atoms with Crippen LogP contribution in [0.15, 0.2) is 36.0 Å². The highest BCUT2D eigenvalue weighted by Crippen LogP contribution is 2.26. The van der Waals surface area contributed by atoms with Crippen molar-refractivity contribution in [1.29, 1.82) is 0 Å². The van der Waals surface area contributed by atoms with E-state index >= 15 is 0 Å². The molecule has 104 valence electrons. The SMILES string of the molecule is CCNC(c1cnc2ccsc2c1)c1ccnn1CC. The van der Waals surface area contributed by atoms with Gasteiger partial charge < -0.3 is 5.32 Å². The van der Waals surface area contributed by atoms with E-state index in [4.69, 9.17) is 0 Å². The highest BCUT2D eigenvalue weighted by atomic mass is 32.1. The third-order valence-electron chi connectivity index (χ3n) is 3.41. The second-order valence-corrected chi connectivity index (χ2v) is 5.58. The lowest BCUT2D eigenvalue weighted by atomic mass is 10.1. The van der Waals surface area contributed by atoms with Gasteiger partial charge in [-0.1, -0.05) is 6.92 Å². The Bertz CT molecular complexity index is 701. The van der Waals surface area contributed by atoms with Gasteiger partial charge in [0, 0.05) is 18.9 Å². The van der Waals surface area contributed by atoms with Gasteiger partial charge in [-0.2, -0.15) is 5.10 Å². The third kappa shape index (κ3) is 2.34. The molecule has 1 N–H and O–H groups in total. The molecule has 0 aliphatic rings. The predicted octanol–water partition coefficient (Wildman–Crippen LogP) is 3.21. The minimum Gasteiger partial charge on any atom is -0.305 e. The van der Waals surface area contributed by atoms with E-state index in [9.17, 15) is 0 Å². The Hall–Kier alpha value is -1.72. The number of fused-ring (bicyclic) bond motifs is 1. The monoisotopic (exact) mass is 286 g/mol. The Morgan fingerprint density at radius 1 is 1.35 bits per heavy atom. The fraction of sp³-hybridized carbons (Fsp3) is 0.333. The van der Waals surface area contributed by atoms with Crippen LogP contribution < -0.4 is 5.32 Å². The number of nitrogens with one attached hydrogen (secondary N) is 1. The van der Waals surface area contributed by atoms with Crippen molar-refractivity contribution < 1.29 is 0 Å². The third-order valence-corrected chi connectivity index (χ3v) is 4.26. The molecule has 1 unspecified atom stereocenters. The van der Waals surface area contributed by atoms with Crippen LogP contribution in [0, 0.1) is 0 Å². The van der Waals surface area contributed by atoms with E-state index < -0.39 is 0 Å². The summed E-state index contributed by atoms with van der Waals surface area (Å²) in [6.45, 7) is 6.01. The Morgan fingerprint density at radius 2 is 2.25 bits per heavy atom. The summed E-state index contributed by atoms with van der Waals surface area (Å²) in [5.41, 5.74) is 3.45. The molecule has 0 amide bonds. The summed E-state index contributed by atoms with van der Waals surface area (Å²) in [7, 11) is 0. The summed E-state index contributed by atoms with van der Waals surface area (Å²) < 4.78 is 3.26. The van der Waals surface area contributed by atoms with Gasteiger partial charge in [0.05, 0.1) is 22.0 Å². The van der Waals surface area contributed by atoms with Gasteiger partial charge in [0.2, 0.25) is 0 Å². The molecule has 0 aliphatic carbocycles. The van der Waals surface area contributed by atoms with Crippen LogP contribution in [0.25, 0.3) is 10.2 Å². The van der Waals surface area contributed by atoms with Crippen LogP contribution >= 0.6 is 11.3 Å². The average Bonchev–Trinajstić information content (AvgIpc) is 3.12. The molecule has 0 radical (unpaired) electrons. The van der Waals surface area contributed by atoms with Gasteiger partial charge in [0.25, 0.3) is 0 Å². The molecule has 0 fully saturated rings. The van der Waals surface area contributed by atoms with Gasteiger partial charge in [0.1, 0.15) is 0 Å². The summed E-state index contributed by atoms with van der Waals surface area (Å²) >= 11 is 1.73. The number of thiophene rings is 1. The number of hydrogen-bond donors (Lipinski definition) is 1. The number of aryl methyl sites for hydroxylation is 1. The second kappa shape index (κ2) is 5.73. The zero-order valence-corrected chi connectivity index (χ0v) is 12.5. The average molecular weight is 286 g/mol. The van der Waals surface area contributed by atoms with Crippen LogP contribution in [0.3, 0.4) is 0 Å². The number of pyridine rings is 1. The Labute approximate surface area is 122 Å². The topological polar surface area (TPSA) is 42.7 Å². The van der Waals surface area contributed by atoms with Crippen LogP contribution in [0.2, 0.25) is 0 Å². The number of hydrogen-bond acceptors (Lipinski definition) is 4. The molecule has 0 aromatic carbocycles. The molecule has 0 saturated heterocycles. The largest absolute Gasteiger partial charge is 0.305 e. The molecule has 1 atom stereocenters. The van der Waals surface area contributed by atoms with Crippen LogP contribution in [-0.4, -0.2) is 21.3 Å². The molecule has 0 aliphatic heterocycles. The fourth-order valence-electron chi connectivity index (χ4n) is 2.47. The lowest BCUT2D eigenvalue weighted by molar-refractivity contribution is 0.542. The van der Waals surface area contributed by atoms with Crippen LogP contribution in [-0.2, 0) is 6.54 Å². The maximum atomic E-state index is 4.55. The van der Waals surface area contributed by atoms with E-state index in [1.165, 1.54) is 16.0 Å². The highest BCUT2D eigenvalue weighted by Gasteiger charge is 2.18. The zero-order chi connectivity index (χ0) is 13.9. The van der Waals surface area contributed by atoms with Gasteiger partial charge in [-0.25, -0.2) is 0 Å². The summed E-state index contributed by atoms with van der Waals surface area (Å²) in [6, 6.07) is 6.51. The number of aromatic nitrogens is 3. The van der Waals surface area contributed by atoms with E-state index in [1.54, 1.807) is 11.3 Å². The maximum absolute atomic E-state index is 4.55. The molecular formula is C15H18N4S. The number of nitrogens with zero attached hydrogens (tertiary/aromatic N) is 3. The maximum Gasteiger partial charge on any atom is 0.0809 e. The smallest absolute Gasteiger partial charge is 0.0809 e. The van der Waals surface area contributed by atoms with Crippen LogP contribution in [0.5, 0.6) is 0 Å². The molecule has 5 heteroatoms. The van der Waals surface area contributed by atoms with Crippen LogP contribution in [0.1, 0.15) is 31.1 Å². The lowest BCUT2D eigenvalue weighted by Crippen LogP contribution is -2.24. The predicted molar refractivity (Wildman–Crippen MR) is 83.0 cm³/mol. The minimum atomic E-state index is 0.140. The Kier molecular flexibility index (Phi) is 3.80. The van der Waals surface area contributed by atoms with Crippen molar-refractivity contribution in [2.24, 2.45) is 0 Å². The van der Waals surface area contributed by atoms with Gasteiger partial charge >= 0.3 is 0 Å². The minimum absolute atomic E-state index is 0.140. The lowest BCUT2D eigenvalue weighted by Gasteiger charge is -2.19. The fourth-order valence-corrected chi connectivity index (χ4v) is 3.26. The molecule has 0 saturated carbocycles. The first-order chi connectivity index (χ1) is 9.83. The normalized spacial score (nSPS) is 12.9. The summed E-state index contributed by atoms with van der Waals surface area (Å²) in [5, 5.41) is 9.99. The standard InChI is InChI=1S/C15H18N4S/c1-3-16-15(13-5-7-18-19(13)4-2)11-9-14-12(17-10-11)6-8-20-14/h5-10,15-16H,3-4H2,1-2H3. The molecule has 0 bridgehead atoms. The van der Waals surface area contributed by atoms with E-state index in [0.29, 0.717) is 0 Å². The van der Waals surface area contributed by atoms with Crippen molar-refractivity contribution in [3.63, 3.8) is 0 Å². The first-order valence-corrected chi connectivity index (χ1v) is 7.79. The summed E-state index contributed by atoms with van der Waals surface area (Å²) in [4.78, 5) is 4.55. The van der Waals surface area contributed by atoms with Crippen molar-refractivity contribution in [1.82, 2.24) is 20.1 Å². The number of rotatable bonds is 5. The van der Waals surface area contributed by atoms with Crippen molar-refractivity contribution in [2.45, 2.75) is 26.4 Å². The first-order valence-electron chi connectivity index (χ1n) is 6.91. The van der Waals surface area contributed by atoms with Gasteiger partial charge in [-0.05, 0) is 42.6 Å². The molecular weight excluding hydrogens is 268 g/mol. The van der Waals surface area contributed by atoms with E-state index in [0.717, 1.165) is 18.6 Å². The van der Waals surface area contributed by atoms with E-state index in [2.05, 4.69) is 52.8 Å². The molecule has 3 aromatic heterocycles. The van der Waals surface area contributed by atoms with Gasteiger partial charge in [-0.3, -0.25) is 9.67 Å². The van der Waals surface area contributed by atoms with Crippen molar-refractivity contribution in [3.8, 4) is 0 Å². The second-order valence-electron chi connectivity index (χ2n) is 4.64. The first kappa shape index (κ1) is 13.3. The zero-order valence-electron chi connectivity index (χ0n) is 11.7. The van der Waals surface area contributed by atoms with Crippen molar-refractivity contribution >= 4 is 21.6 Å². The Balaban J connectivity index is 2.05. The molecule has 3 aromatic rings. The van der Waals surface area contributed by atoms with E-state index in [1.807, 2.05) is 17.1 Å². The quantitative estimate of drug-likeness (QED) is 0.783. The van der Waals surface area contributed by atoms with Crippen molar-refractivity contribution in [2.75, 3.05) is 6.54 Å². The summed E-state index contributed by atoms with van der Waals surface area (Å²) in [5.74, 6) is 0. The molecule has 20 heavy (non-hydrogen) atoms. The highest BCUT2D eigenvalue weighted by molar-refractivity contribution is 7.17. The molecule has 4 nitrogen and oxygen atoms in total. The van der Waals surface area contributed by atoms with E-state index in [-0.39, 0.29) is 6.04 Å². The summed E-state index contributed by atoms with van der Waals surface area (Å²) in [6.07, 6.45) is 3.83. The van der Waals surface area contributed by atoms with Crippen LogP contribution in [0.4, 0.5) is 0 Å². The molecule has 3 rings (SSSR count). The van der Waals surface area contributed by atoms with Gasteiger partial charge in [0.15, 0.2) is 0 Å². The molecule has 0 spiro atoms. The van der Waals surface area contributed by atoms with Crippen molar-refractivity contribution in [3.05, 3.63) is 47.2 Å².